The molecule has 1 amide bonds. The molecule has 0 saturated carbocycles. The monoisotopic (exact) mass is 330 g/mol. The summed E-state index contributed by atoms with van der Waals surface area (Å²) in [7, 11) is 0. The molecule has 3 atom stereocenters. The van der Waals surface area contributed by atoms with Crippen molar-refractivity contribution in [1.29, 1.82) is 0 Å². The van der Waals surface area contributed by atoms with E-state index in [1.54, 1.807) is 6.92 Å². The Morgan fingerprint density at radius 2 is 1.96 bits per heavy atom. The van der Waals surface area contributed by atoms with Crippen molar-refractivity contribution in [2.75, 3.05) is 19.6 Å². The minimum atomic E-state index is -0.319. The number of Topliss-reactive ketones (excluding diaryl/α,β-unsaturated/α-hetero) is 1. The first-order valence-electron chi connectivity index (χ1n) is 8.67. The van der Waals surface area contributed by atoms with Crippen LogP contribution in [-0.4, -0.2) is 48.3 Å². The lowest BCUT2D eigenvalue weighted by Crippen LogP contribution is -2.45. The summed E-state index contributed by atoms with van der Waals surface area (Å²) in [6.45, 7) is 5.30. The summed E-state index contributed by atoms with van der Waals surface area (Å²) >= 11 is 0. The Balaban J connectivity index is 1.38. The predicted molar refractivity (Wildman–Crippen MR) is 92.0 cm³/mol. The SMILES string of the molecule is CC(=O)C1CC(C(=O)NCC2CCN(Cc3ccccc3)C2)NN1. The molecule has 0 aliphatic carbocycles. The zero-order valence-electron chi connectivity index (χ0n) is 14.1. The van der Waals surface area contributed by atoms with Crippen LogP contribution >= 0.6 is 0 Å². The number of hydrogen-bond donors (Lipinski definition) is 3. The van der Waals surface area contributed by atoms with Gasteiger partial charge in [0, 0.05) is 19.6 Å². The molecule has 2 aliphatic rings. The van der Waals surface area contributed by atoms with Gasteiger partial charge in [-0.05, 0) is 37.8 Å². The summed E-state index contributed by atoms with van der Waals surface area (Å²) < 4.78 is 0. The number of carbonyl (C=O) groups excluding carboxylic acids is 2. The minimum absolute atomic E-state index is 0.0206. The summed E-state index contributed by atoms with van der Waals surface area (Å²) in [5.74, 6) is 0.536. The van der Waals surface area contributed by atoms with Crippen LogP contribution in [0.4, 0.5) is 0 Å². The third-order valence-corrected chi connectivity index (χ3v) is 4.89. The zero-order valence-corrected chi connectivity index (χ0v) is 14.1. The number of benzene rings is 1. The highest BCUT2D eigenvalue weighted by molar-refractivity contribution is 5.86. The zero-order chi connectivity index (χ0) is 16.9. The van der Waals surface area contributed by atoms with E-state index in [2.05, 4.69) is 45.3 Å². The lowest BCUT2D eigenvalue weighted by Gasteiger charge is -2.17. The van der Waals surface area contributed by atoms with Crippen molar-refractivity contribution < 1.29 is 9.59 Å². The fraction of sp³-hybridized carbons (Fsp3) is 0.556. The third-order valence-electron chi connectivity index (χ3n) is 4.89. The van der Waals surface area contributed by atoms with Gasteiger partial charge in [-0.15, -0.1) is 0 Å². The van der Waals surface area contributed by atoms with Crippen LogP contribution in [-0.2, 0) is 16.1 Å². The molecule has 2 fully saturated rings. The van der Waals surface area contributed by atoms with E-state index in [0.717, 1.165) is 26.1 Å². The molecule has 0 bridgehead atoms. The molecule has 3 N–H and O–H groups in total. The van der Waals surface area contributed by atoms with Gasteiger partial charge in [0.15, 0.2) is 0 Å². The number of likely N-dealkylation sites (tertiary alicyclic amines) is 1. The second-order valence-electron chi connectivity index (χ2n) is 6.86. The topological polar surface area (TPSA) is 73.5 Å². The van der Waals surface area contributed by atoms with Crippen molar-refractivity contribution in [3.63, 3.8) is 0 Å². The number of ketones is 1. The van der Waals surface area contributed by atoms with E-state index in [9.17, 15) is 9.59 Å². The maximum absolute atomic E-state index is 12.2. The van der Waals surface area contributed by atoms with Crippen LogP contribution in [0.15, 0.2) is 30.3 Å². The lowest BCUT2D eigenvalue weighted by atomic mass is 10.1. The van der Waals surface area contributed by atoms with Crippen LogP contribution in [0.25, 0.3) is 0 Å². The van der Waals surface area contributed by atoms with Gasteiger partial charge in [0.2, 0.25) is 5.91 Å². The van der Waals surface area contributed by atoms with Gasteiger partial charge in [0.25, 0.3) is 0 Å². The van der Waals surface area contributed by atoms with Crippen molar-refractivity contribution in [1.82, 2.24) is 21.1 Å². The molecule has 1 aromatic rings. The fourth-order valence-electron chi connectivity index (χ4n) is 3.43. The highest BCUT2D eigenvalue weighted by atomic mass is 16.2. The highest BCUT2D eigenvalue weighted by Gasteiger charge is 2.32. The molecule has 6 heteroatoms. The molecule has 130 valence electrons. The number of nitrogens with one attached hydrogen (secondary N) is 3. The van der Waals surface area contributed by atoms with Gasteiger partial charge in [0.05, 0.1) is 6.04 Å². The van der Waals surface area contributed by atoms with E-state index >= 15 is 0 Å². The number of carbonyl (C=O) groups is 2. The van der Waals surface area contributed by atoms with Gasteiger partial charge >= 0.3 is 0 Å². The first-order chi connectivity index (χ1) is 11.6. The summed E-state index contributed by atoms with van der Waals surface area (Å²) in [6.07, 6.45) is 1.63. The second-order valence-corrected chi connectivity index (χ2v) is 6.86. The van der Waals surface area contributed by atoms with Crippen LogP contribution in [0.3, 0.4) is 0 Å². The molecular formula is C18H26N4O2. The fourth-order valence-corrected chi connectivity index (χ4v) is 3.43. The number of nitrogens with zero attached hydrogens (tertiary/aromatic N) is 1. The van der Waals surface area contributed by atoms with Crippen LogP contribution < -0.4 is 16.2 Å². The van der Waals surface area contributed by atoms with Gasteiger partial charge in [-0.2, -0.15) is 0 Å². The molecule has 2 aliphatic heterocycles. The average molecular weight is 330 g/mol. The number of hydrazine groups is 1. The van der Waals surface area contributed by atoms with Crippen LogP contribution in [0.1, 0.15) is 25.3 Å². The van der Waals surface area contributed by atoms with Gasteiger partial charge < -0.3 is 5.32 Å². The first-order valence-corrected chi connectivity index (χ1v) is 8.67. The Kier molecular flexibility index (Phi) is 5.60. The van der Waals surface area contributed by atoms with Crippen molar-refractivity contribution >= 4 is 11.7 Å². The quantitative estimate of drug-likeness (QED) is 0.706. The normalized spacial score (nSPS) is 27.3. The maximum Gasteiger partial charge on any atom is 0.238 e. The lowest BCUT2D eigenvalue weighted by molar-refractivity contribution is -0.123. The van der Waals surface area contributed by atoms with Gasteiger partial charge in [-0.25, -0.2) is 10.9 Å². The van der Waals surface area contributed by atoms with E-state index < -0.39 is 0 Å². The van der Waals surface area contributed by atoms with E-state index in [1.165, 1.54) is 5.56 Å². The van der Waals surface area contributed by atoms with Crippen molar-refractivity contribution in [3.8, 4) is 0 Å². The van der Waals surface area contributed by atoms with Crippen LogP contribution in [0, 0.1) is 5.92 Å². The molecule has 0 aromatic heterocycles. The first kappa shape index (κ1) is 17.1. The molecule has 0 radical (unpaired) electrons. The second kappa shape index (κ2) is 7.88. The van der Waals surface area contributed by atoms with Gasteiger partial charge in [-0.1, -0.05) is 30.3 Å². The standard InChI is InChI=1S/C18H26N4O2/c1-13(23)16-9-17(21-20-16)18(24)19-10-15-7-8-22(12-15)11-14-5-3-2-4-6-14/h2-6,15-17,20-21H,7-12H2,1H3,(H,19,24). The number of amides is 1. The summed E-state index contributed by atoms with van der Waals surface area (Å²) in [4.78, 5) is 26.0. The maximum atomic E-state index is 12.2. The Morgan fingerprint density at radius 1 is 1.21 bits per heavy atom. The minimum Gasteiger partial charge on any atom is -0.354 e. The van der Waals surface area contributed by atoms with Crippen LogP contribution in [0.2, 0.25) is 0 Å². The smallest absolute Gasteiger partial charge is 0.238 e. The molecule has 1 aromatic carbocycles. The van der Waals surface area contributed by atoms with Crippen molar-refractivity contribution in [2.45, 2.75) is 38.4 Å². The molecule has 0 spiro atoms. The van der Waals surface area contributed by atoms with E-state index in [4.69, 9.17) is 0 Å². The van der Waals surface area contributed by atoms with Gasteiger partial charge in [-0.3, -0.25) is 14.5 Å². The summed E-state index contributed by atoms with van der Waals surface area (Å²) in [6, 6.07) is 9.90. The Morgan fingerprint density at radius 3 is 2.67 bits per heavy atom. The average Bonchev–Trinajstić information content (AvgIpc) is 3.23. The molecule has 3 unspecified atom stereocenters. The summed E-state index contributed by atoms with van der Waals surface area (Å²) in [5.41, 5.74) is 7.12. The highest BCUT2D eigenvalue weighted by Crippen LogP contribution is 2.18. The molecular weight excluding hydrogens is 304 g/mol. The van der Waals surface area contributed by atoms with Gasteiger partial charge in [0.1, 0.15) is 11.8 Å². The number of rotatable bonds is 6. The number of hydrogen-bond acceptors (Lipinski definition) is 5. The third kappa shape index (κ3) is 4.41. The van der Waals surface area contributed by atoms with E-state index in [0.29, 0.717) is 18.9 Å². The predicted octanol–water partition coefficient (Wildman–Crippen LogP) is 0.449. The molecule has 2 heterocycles. The van der Waals surface area contributed by atoms with E-state index in [1.807, 2.05) is 6.07 Å². The van der Waals surface area contributed by atoms with E-state index in [-0.39, 0.29) is 23.8 Å². The molecule has 2 saturated heterocycles. The molecule has 24 heavy (non-hydrogen) atoms. The molecule has 3 rings (SSSR count). The Labute approximate surface area is 143 Å². The van der Waals surface area contributed by atoms with Crippen molar-refractivity contribution in [3.05, 3.63) is 35.9 Å². The van der Waals surface area contributed by atoms with Crippen LogP contribution in [0.5, 0.6) is 0 Å². The summed E-state index contributed by atoms with van der Waals surface area (Å²) in [5, 5.41) is 3.03. The Hall–Kier alpha value is -1.76. The largest absolute Gasteiger partial charge is 0.354 e. The van der Waals surface area contributed by atoms with Crippen molar-refractivity contribution in [2.24, 2.45) is 5.92 Å². The molecule has 6 nitrogen and oxygen atoms in total. The Bertz CT molecular complexity index is 578.